The summed E-state index contributed by atoms with van der Waals surface area (Å²) in [6, 6.07) is 8.47. The van der Waals surface area contributed by atoms with Gasteiger partial charge in [0, 0.05) is 51.4 Å². The molecule has 1 amide bonds. The topological polar surface area (TPSA) is 51.2 Å². The maximum atomic E-state index is 12.4. The van der Waals surface area contributed by atoms with Gasteiger partial charge in [0.25, 0.3) is 0 Å². The molecule has 0 radical (unpaired) electrons. The van der Waals surface area contributed by atoms with Crippen molar-refractivity contribution in [3.05, 3.63) is 29.8 Å². The first-order valence-corrected chi connectivity index (χ1v) is 10.6. The number of benzene rings is 1. The smallest absolute Gasteiger partial charge is 0.444 e. The molecular weight excluding hydrogens is 367 g/mol. The predicted molar refractivity (Wildman–Crippen MR) is 115 cm³/mol. The second-order valence-electron chi connectivity index (χ2n) is 9.96. The Kier molecular flexibility index (Phi) is 6.92. The Hall–Kier alpha value is -1.57. The Bertz CT molecular complexity index is 694. The van der Waals surface area contributed by atoms with Gasteiger partial charge in [-0.05, 0) is 38.2 Å². The Balaban J connectivity index is 1.55. The highest BCUT2D eigenvalue weighted by molar-refractivity contribution is 6.61. The van der Waals surface area contributed by atoms with Crippen molar-refractivity contribution in [2.45, 2.75) is 53.2 Å². The molecule has 0 N–H and O–H groups in total. The monoisotopic (exact) mass is 402 g/mol. The molecule has 0 spiro atoms. The van der Waals surface area contributed by atoms with Crippen LogP contribution in [0.5, 0.6) is 0 Å². The van der Waals surface area contributed by atoms with Gasteiger partial charge >= 0.3 is 13.2 Å². The quantitative estimate of drug-likeness (QED) is 0.728. The van der Waals surface area contributed by atoms with Gasteiger partial charge in [0.05, 0.1) is 0 Å². The third kappa shape index (κ3) is 6.73. The van der Waals surface area contributed by atoms with Gasteiger partial charge in [-0.15, -0.1) is 0 Å². The maximum Gasteiger partial charge on any atom is 0.493 e. The van der Waals surface area contributed by atoms with Crippen LogP contribution in [0.4, 0.5) is 4.79 Å². The minimum absolute atomic E-state index is 0.0696. The average molecular weight is 402 g/mol. The zero-order valence-electron chi connectivity index (χ0n) is 18.6. The van der Waals surface area contributed by atoms with Crippen LogP contribution in [0.2, 0.25) is 0 Å². The fraction of sp³-hybridized carbons (Fsp3) is 0.682. The second-order valence-corrected chi connectivity index (χ2v) is 9.96. The van der Waals surface area contributed by atoms with E-state index in [2.05, 4.69) is 43.0 Å². The predicted octanol–water partition coefficient (Wildman–Crippen LogP) is 2.90. The lowest BCUT2D eigenvalue weighted by molar-refractivity contribution is 0.0257. The maximum absolute atomic E-state index is 12.4. The summed E-state index contributed by atoms with van der Waals surface area (Å²) in [6.45, 7) is 15.5. The van der Waals surface area contributed by atoms with Gasteiger partial charge in [0.15, 0.2) is 0 Å². The van der Waals surface area contributed by atoms with Crippen molar-refractivity contribution in [2.24, 2.45) is 5.41 Å². The number of nitrogens with zero attached hydrogens (tertiary/aromatic N) is 2. The summed E-state index contributed by atoms with van der Waals surface area (Å²) >= 11 is 0. The molecule has 2 saturated heterocycles. The molecule has 0 bridgehead atoms. The number of rotatable bonds is 3. The van der Waals surface area contributed by atoms with E-state index in [0.29, 0.717) is 19.8 Å². The highest BCUT2D eigenvalue weighted by Crippen LogP contribution is 2.21. The van der Waals surface area contributed by atoms with E-state index in [0.717, 1.165) is 38.1 Å². The van der Waals surface area contributed by atoms with Gasteiger partial charge in [-0.2, -0.15) is 0 Å². The number of hydrogen-bond acceptors (Lipinski definition) is 5. The summed E-state index contributed by atoms with van der Waals surface area (Å²) in [5, 5.41) is 0. The molecule has 0 aromatic heterocycles. The van der Waals surface area contributed by atoms with Gasteiger partial charge in [0.1, 0.15) is 5.60 Å². The molecule has 2 heterocycles. The number of amides is 1. The van der Waals surface area contributed by atoms with E-state index in [1.54, 1.807) is 0 Å². The Morgan fingerprint density at radius 1 is 1.14 bits per heavy atom. The van der Waals surface area contributed by atoms with E-state index in [-0.39, 0.29) is 18.6 Å². The van der Waals surface area contributed by atoms with Crippen molar-refractivity contribution in [3.8, 4) is 0 Å². The third-order valence-corrected chi connectivity index (χ3v) is 5.12. The van der Waals surface area contributed by atoms with E-state index in [1.165, 1.54) is 5.56 Å². The SMILES string of the molecule is CC1(C)COB(c2cccc(CN3CCCN(C(=O)OC(C)(C)C)CC3)c2)OC1. The lowest BCUT2D eigenvalue weighted by Crippen LogP contribution is -2.47. The second kappa shape index (κ2) is 9.06. The Morgan fingerprint density at radius 2 is 1.86 bits per heavy atom. The van der Waals surface area contributed by atoms with E-state index in [9.17, 15) is 4.79 Å². The van der Waals surface area contributed by atoms with Gasteiger partial charge in [-0.3, -0.25) is 4.90 Å². The summed E-state index contributed by atoms with van der Waals surface area (Å²) in [4.78, 5) is 16.6. The molecular formula is C22H35BN2O4. The number of carbonyl (C=O) groups is 1. The molecule has 0 unspecified atom stereocenters. The molecule has 29 heavy (non-hydrogen) atoms. The van der Waals surface area contributed by atoms with E-state index in [4.69, 9.17) is 14.0 Å². The van der Waals surface area contributed by atoms with Crippen LogP contribution in [-0.2, 0) is 20.6 Å². The molecule has 160 valence electrons. The Labute approximate surface area is 175 Å². The van der Waals surface area contributed by atoms with Crippen LogP contribution >= 0.6 is 0 Å². The van der Waals surface area contributed by atoms with Crippen LogP contribution in [0.1, 0.15) is 46.6 Å². The van der Waals surface area contributed by atoms with Crippen molar-refractivity contribution in [1.82, 2.24) is 9.80 Å². The zero-order valence-corrected chi connectivity index (χ0v) is 18.6. The number of hydrogen-bond donors (Lipinski definition) is 0. The summed E-state index contributed by atoms with van der Waals surface area (Å²) in [5.41, 5.74) is 1.93. The van der Waals surface area contributed by atoms with Gasteiger partial charge in [-0.25, -0.2) is 4.79 Å². The first-order valence-electron chi connectivity index (χ1n) is 10.6. The molecule has 1 aromatic carbocycles. The largest absolute Gasteiger partial charge is 0.493 e. The molecule has 7 heteroatoms. The van der Waals surface area contributed by atoms with Crippen LogP contribution in [0.3, 0.4) is 0 Å². The lowest BCUT2D eigenvalue weighted by atomic mass is 9.75. The normalized spacial score (nSPS) is 21.0. The number of ether oxygens (including phenoxy) is 1. The van der Waals surface area contributed by atoms with Crippen LogP contribution in [0.25, 0.3) is 0 Å². The van der Waals surface area contributed by atoms with Crippen LogP contribution in [-0.4, -0.2) is 68.0 Å². The molecule has 1 aromatic rings. The first kappa shape index (κ1) is 22.1. The standard InChI is InChI=1S/C22H35BN2O4/c1-21(2,3)29-20(26)25-11-7-10-24(12-13-25)15-18-8-6-9-19(14-18)23-27-16-22(4,5)17-28-23/h6,8-9,14H,7,10-13,15-17H2,1-5H3. The molecule has 0 saturated carbocycles. The number of carbonyl (C=O) groups excluding carboxylic acids is 1. The molecule has 0 aliphatic carbocycles. The van der Waals surface area contributed by atoms with E-state index < -0.39 is 5.60 Å². The first-order chi connectivity index (χ1) is 13.6. The summed E-state index contributed by atoms with van der Waals surface area (Å²) in [6.07, 6.45) is 0.735. The summed E-state index contributed by atoms with van der Waals surface area (Å²) in [7, 11) is -0.283. The van der Waals surface area contributed by atoms with Crippen LogP contribution < -0.4 is 5.46 Å². The minimum Gasteiger partial charge on any atom is -0.444 e. The third-order valence-electron chi connectivity index (χ3n) is 5.12. The Morgan fingerprint density at radius 3 is 2.55 bits per heavy atom. The molecule has 0 atom stereocenters. The minimum atomic E-state index is -0.456. The van der Waals surface area contributed by atoms with E-state index >= 15 is 0 Å². The fourth-order valence-electron chi connectivity index (χ4n) is 3.62. The van der Waals surface area contributed by atoms with Crippen molar-refractivity contribution >= 4 is 18.7 Å². The molecule has 6 nitrogen and oxygen atoms in total. The lowest BCUT2D eigenvalue weighted by Gasteiger charge is -2.33. The van der Waals surface area contributed by atoms with E-state index in [1.807, 2.05) is 25.7 Å². The van der Waals surface area contributed by atoms with Gasteiger partial charge in [0.2, 0.25) is 0 Å². The zero-order chi connectivity index (χ0) is 21.1. The molecule has 2 aliphatic heterocycles. The molecule has 2 aliphatic rings. The van der Waals surface area contributed by atoms with Crippen molar-refractivity contribution in [3.63, 3.8) is 0 Å². The van der Waals surface area contributed by atoms with Crippen molar-refractivity contribution in [2.75, 3.05) is 39.4 Å². The van der Waals surface area contributed by atoms with Crippen LogP contribution in [0, 0.1) is 5.41 Å². The summed E-state index contributed by atoms with van der Waals surface area (Å²) in [5.74, 6) is 0. The summed E-state index contributed by atoms with van der Waals surface area (Å²) < 4.78 is 17.4. The fourth-order valence-corrected chi connectivity index (χ4v) is 3.62. The highest BCUT2D eigenvalue weighted by Gasteiger charge is 2.33. The molecule has 3 rings (SSSR count). The van der Waals surface area contributed by atoms with Crippen LogP contribution in [0.15, 0.2) is 24.3 Å². The molecule has 2 fully saturated rings. The van der Waals surface area contributed by atoms with Crippen molar-refractivity contribution < 1.29 is 18.8 Å². The van der Waals surface area contributed by atoms with Gasteiger partial charge in [-0.1, -0.05) is 38.1 Å². The highest BCUT2D eigenvalue weighted by atomic mass is 16.6. The average Bonchev–Trinajstić information content (AvgIpc) is 2.86. The van der Waals surface area contributed by atoms with Crippen molar-refractivity contribution in [1.29, 1.82) is 0 Å². The van der Waals surface area contributed by atoms with Gasteiger partial charge < -0.3 is 18.9 Å².